The minimum Gasteiger partial charge on any atom is -0.375 e. The van der Waals surface area contributed by atoms with Crippen LogP contribution >= 0.6 is 0 Å². The highest BCUT2D eigenvalue weighted by molar-refractivity contribution is 7.86. The fraction of sp³-hybridized carbons (Fsp3) is 0.600. The lowest BCUT2D eigenvalue weighted by Crippen LogP contribution is -2.46. The summed E-state index contributed by atoms with van der Waals surface area (Å²) in [7, 11) is 2.44. The Morgan fingerprint density at radius 1 is 1.57 bits per heavy atom. The third-order valence-corrected chi connectivity index (χ3v) is 4.34. The number of hydrogen-bond donors (Lipinski definition) is 0. The van der Waals surface area contributed by atoms with Gasteiger partial charge in [0.05, 0.1) is 12.1 Å². The van der Waals surface area contributed by atoms with Gasteiger partial charge in [0.2, 0.25) is 0 Å². The Kier molecular flexibility index (Phi) is 3.64. The van der Waals surface area contributed by atoms with Crippen LogP contribution in [0.1, 0.15) is 13.8 Å². The van der Waals surface area contributed by atoms with Gasteiger partial charge in [0.1, 0.15) is 11.0 Å². The summed E-state index contributed by atoms with van der Waals surface area (Å²) in [6, 6.07) is -0.00969. The van der Waals surface area contributed by atoms with Crippen molar-refractivity contribution in [2.45, 2.75) is 26.0 Å². The molecule has 0 bridgehead atoms. The Morgan fingerprint density at radius 3 is 2.57 bits per heavy atom. The number of methoxy groups -OCH3 is 1. The van der Waals surface area contributed by atoms with E-state index in [1.807, 2.05) is 20.9 Å². The number of ether oxygens (including phenoxy) is 1. The monoisotopic (exact) mass is 215 g/mol. The molecule has 0 fully saturated rings. The van der Waals surface area contributed by atoms with Gasteiger partial charge in [-0.1, -0.05) is 6.08 Å². The van der Waals surface area contributed by atoms with Crippen molar-refractivity contribution in [3.63, 3.8) is 0 Å². The van der Waals surface area contributed by atoms with Crippen molar-refractivity contribution >= 4 is 11.0 Å². The molecule has 1 heterocycles. The molecule has 0 aromatic heterocycles. The molecule has 0 amide bonds. The van der Waals surface area contributed by atoms with Crippen molar-refractivity contribution in [1.29, 1.82) is 0 Å². The zero-order valence-corrected chi connectivity index (χ0v) is 9.93. The second kappa shape index (κ2) is 4.38. The van der Waals surface area contributed by atoms with E-state index < -0.39 is 11.0 Å². The van der Waals surface area contributed by atoms with Crippen LogP contribution in [0.2, 0.25) is 0 Å². The van der Waals surface area contributed by atoms with Crippen LogP contribution in [-0.2, 0) is 15.7 Å². The van der Waals surface area contributed by atoms with E-state index in [-0.39, 0.29) is 12.1 Å². The zero-order chi connectivity index (χ0) is 10.9. The highest BCUT2D eigenvalue weighted by Crippen LogP contribution is 2.28. The summed E-state index contributed by atoms with van der Waals surface area (Å²) in [6.07, 6.45) is 1.75. The zero-order valence-electron chi connectivity index (χ0n) is 9.11. The van der Waals surface area contributed by atoms with E-state index in [0.717, 1.165) is 10.5 Å². The van der Waals surface area contributed by atoms with E-state index >= 15 is 0 Å². The molecule has 0 aromatic carbocycles. The van der Waals surface area contributed by atoms with Crippen LogP contribution in [0.15, 0.2) is 23.1 Å². The van der Waals surface area contributed by atoms with E-state index in [1.165, 1.54) is 0 Å². The van der Waals surface area contributed by atoms with E-state index in [4.69, 9.17) is 4.74 Å². The smallest absolute Gasteiger partial charge is 0.123 e. The Hall–Kier alpha value is -0.450. The third-order valence-electron chi connectivity index (χ3n) is 2.73. The average molecular weight is 215 g/mol. The Morgan fingerprint density at radius 2 is 2.14 bits per heavy atom. The number of hydrogen-bond acceptors (Lipinski definition) is 2. The molecule has 0 saturated heterocycles. The number of likely N-dealkylation sites (N-methyl/N-ethyl adjacent to an activating group) is 1. The van der Waals surface area contributed by atoms with Crippen molar-refractivity contribution in [2.75, 3.05) is 14.2 Å². The van der Waals surface area contributed by atoms with Crippen LogP contribution < -0.4 is 0 Å². The van der Waals surface area contributed by atoms with E-state index in [2.05, 4.69) is 6.58 Å². The summed E-state index contributed by atoms with van der Waals surface area (Å²) in [6.45, 7) is 7.59. The minimum atomic E-state index is -1.05. The quantitative estimate of drug-likeness (QED) is 0.653. The Balaban J connectivity index is 3.15. The summed E-state index contributed by atoms with van der Waals surface area (Å²) < 4.78 is 19.0. The van der Waals surface area contributed by atoms with Crippen LogP contribution in [0.3, 0.4) is 0 Å². The first-order valence-electron chi connectivity index (χ1n) is 4.52. The minimum absolute atomic E-state index is 0.00969. The maximum atomic E-state index is 11.8. The van der Waals surface area contributed by atoms with E-state index in [1.54, 1.807) is 17.5 Å². The predicted molar refractivity (Wildman–Crippen MR) is 59.1 cm³/mol. The first kappa shape index (κ1) is 11.6. The third kappa shape index (κ3) is 1.69. The SMILES string of the molecule is C=CC1C(OC)C(C)=C(C)S(=O)N1C. The molecule has 0 N–H and O–H groups in total. The molecule has 3 nitrogen and oxygen atoms in total. The number of nitrogens with zero attached hydrogens (tertiary/aromatic N) is 1. The molecule has 0 radical (unpaired) electrons. The van der Waals surface area contributed by atoms with Crippen molar-refractivity contribution in [3.05, 3.63) is 23.1 Å². The average Bonchev–Trinajstić information content (AvgIpc) is 2.20. The maximum absolute atomic E-state index is 11.8. The molecule has 0 saturated carbocycles. The van der Waals surface area contributed by atoms with Crippen LogP contribution in [0, 0.1) is 0 Å². The van der Waals surface area contributed by atoms with Gasteiger partial charge in [-0.05, 0) is 19.4 Å². The van der Waals surface area contributed by atoms with Gasteiger partial charge in [-0.15, -0.1) is 6.58 Å². The molecule has 3 atom stereocenters. The maximum Gasteiger partial charge on any atom is 0.123 e. The summed E-state index contributed by atoms with van der Waals surface area (Å²) in [5, 5.41) is 0. The molecule has 1 rings (SSSR count). The molecule has 1 aliphatic rings. The largest absolute Gasteiger partial charge is 0.375 e. The lowest BCUT2D eigenvalue weighted by molar-refractivity contribution is 0.0902. The predicted octanol–water partition coefficient (Wildman–Crippen LogP) is 1.46. The Labute approximate surface area is 88.0 Å². The number of rotatable bonds is 2. The van der Waals surface area contributed by atoms with Gasteiger partial charge in [-0.2, -0.15) is 0 Å². The van der Waals surface area contributed by atoms with Gasteiger partial charge in [-0.3, -0.25) is 0 Å². The van der Waals surface area contributed by atoms with Gasteiger partial charge in [-0.25, -0.2) is 8.51 Å². The standard InChI is InChI=1S/C10H17NO2S/c1-6-9-10(13-5)7(2)8(3)14(12)11(9)4/h6,9-10H,1H2,2-5H3. The Bertz CT molecular complexity index is 298. The highest BCUT2D eigenvalue weighted by atomic mass is 32.2. The van der Waals surface area contributed by atoms with Gasteiger partial charge in [0.25, 0.3) is 0 Å². The summed E-state index contributed by atoms with van der Waals surface area (Å²) in [5.41, 5.74) is 1.05. The lowest BCUT2D eigenvalue weighted by Gasteiger charge is -2.36. The summed E-state index contributed by atoms with van der Waals surface area (Å²) in [4.78, 5) is 0.887. The van der Waals surface area contributed by atoms with Gasteiger partial charge < -0.3 is 4.74 Å². The molecular formula is C10H17NO2S. The van der Waals surface area contributed by atoms with E-state index in [0.29, 0.717) is 0 Å². The highest BCUT2D eigenvalue weighted by Gasteiger charge is 2.34. The lowest BCUT2D eigenvalue weighted by atomic mass is 10.0. The fourth-order valence-corrected chi connectivity index (χ4v) is 2.94. The second-order valence-electron chi connectivity index (χ2n) is 3.42. The van der Waals surface area contributed by atoms with Crippen molar-refractivity contribution in [1.82, 2.24) is 4.31 Å². The molecule has 14 heavy (non-hydrogen) atoms. The van der Waals surface area contributed by atoms with Crippen molar-refractivity contribution in [2.24, 2.45) is 0 Å². The van der Waals surface area contributed by atoms with Gasteiger partial charge in [0, 0.05) is 19.1 Å². The van der Waals surface area contributed by atoms with Crippen LogP contribution in [0.25, 0.3) is 0 Å². The van der Waals surface area contributed by atoms with E-state index in [9.17, 15) is 4.21 Å². The summed E-state index contributed by atoms with van der Waals surface area (Å²) >= 11 is 0. The topological polar surface area (TPSA) is 29.5 Å². The van der Waals surface area contributed by atoms with Crippen LogP contribution in [0.5, 0.6) is 0 Å². The molecule has 0 aliphatic carbocycles. The second-order valence-corrected chi connectivity index (χ2v) is 5.10. The number of allylic oxidation sites excluding steroid dienone is 1. The van der Waals surface area contributed by atoms with Crippen LogP contribution in [0.4, 0.5) is 0 Å². The molecule has 80 valence electrons. The van der Waals surface area contributed by atoms with Gasteiger partial charge in [0.15, 0.2) is 0 Å². The summed E-state index contributed by atoms with van der Waals surface area (Å²) in [5.74, 6) is 0. The molecule has 4 heteroatoms. The van der Waals surface area contributed by atoms with Crippen molar-refractivity contribution < 1.29 is 8.95 Å². The van der Waals surface area contributed by atoms with Crippen molar-refractivity contribution in [3.8, 4) is 0 Å². The normalized spacial score (nSPS) is 34.7. The molecule has 0 spiro atoms. The molecular weight excluding hydrogens is 198 g/mol. The van der Waals surface area contributed by atoms with Crippen LogP contribution in [-0.4, -0.2) is 34.8 Å². The first-order valence-corrected chi connectivity index (χ1v) is 5.62. The van der Waals surface area contributed by atoms with Gasteiger partial charge >= 0.3 is 0 Å². The molecule has 3 unspecified atom stereocenters. The molecule has 1 aliphatic heterocycles. The first-order chi connectivity index (χ1) is 6.54. The molecule has 0 aromatic rings. The fourth-order valence-electron chi connectivity index (χ4n) is 1.70.